The number of aldehydes is 1. The van der Waals surface area contributed by atoms with Crippen LogP contribution in [0.15, 0.2) is 5.16 Å². The molecule has 0 fully saturated rings. The first-order chi connectivity index (χ1) is 3.91. The van der Waals surface area contributed by atoms with Crippen LogP contribution in [0.3, 0.4) is 0 Å². The number of nitrogens with zero attached hydrogens (tertiary/aromatic N) is 1. The molecule has 0 aliphatic carbocycles. The molecular weight excluding hydrogens is 108 g/mol. The summed E-state index contributed by atoms with van der Waals surface area (Å²) in [6, 6.07) is 0. The topological polar surface area (TPSA) is 61.7 Å². The first kappa shape index (κ1) is 7.10. The van der Waals surface area contributed by atoms with Gasteiger partial charge in [0.05, 0.1) is 12.8 Å². The molecule has 46 valence electrons. The van der Waals surface area contributed by atoms with Crippen LogP contribution in [0.5, 0.6) is 0 Å². The lowest BCUT2D eigenvalue weighted by atomic mass is 10.6. The van der Waals surface area contributed by atoms with Gasteiger partial charge in [-0.05, 0) is 0 Å². The molecule has 0 amide bonds. The second-order valence-electron chi connectivity index (χ2n) is 1.12. The van der Waals surface area contributed by atoms with Crippen molar-refractivity contribution in [1.29, 1.82) is 0 Å². The summed E-state index contributed by atoms with van der Waals surface area (Å²) in [6.45, 7) is 0.723. The maximum atomic E-state index is 9.60. The normalized spacial score (nSPS) is 10.0. The molecule has 0 radical (unpaired) electrons. The Morgan fingerprint density at radius 2 is 2.38 bits per heavy atom. The highest BCUT2D eigenvalue weighted by atomic mass is 16.4. The second kappa shape index (κ2) is 6.10. The van der Waals surface area contributed by atoms with Crippen molar-refractivity contribution < 1.29 is 10.0 Å². The van der Waals surface area contributed by atoms with Crippen molar-refractivity contribution in [1.82, 2.24) is 5.32 Å². The van der Waals surface area contributed by atoms with Gasteiger partial charge in [-0.15, -0.1) is 5.16 Å². The van der Waals surface area contributed by atoms with Crippen LogP contribution < -0.4 is 5.32 Å². The zero-order chi connectivity index (χ0) is 6.24. The van der Waals surface area contributed by atoms with Crippen molar-refractivity contribution in [3.63, 3.8) is 0 Å². The molecule has 4 nitrogen and oxygen atoms in total. The fourth-order valence-electron chi connectivity index (χ4n) is 0.248. The number of hydrogen-bond acceptors (Lipinski definition) is 4. The molecule has 0 unspecified atom stereocenters. The van der Waals surface area contributed by atoms with Gasteiger partial charge in [-0.1, -0.05) is 0 Å². The standard InChI is InChI=1S/C4H8N2O2/c7-4-3-5-1-2-6-8/h2,4-5,8H,1,3H2. The van der Waals surface area contributed by atoms with Crippen LogP contribution in [0.1, 0.15) is 0 Å². The molecule has 0 rings (SSSR count). The Kier molecular flexibility index (Phi) is 5.41. The number of rotatable bonds is 4. The highest BCUT2D eigenvalue weighted by Crippen LogP contribution is 1.50. The fraction of sp³-hybridized carbons (Fsp3) is 0.500. The Balaban J connectivity index is 2.82. The molecule has 0 aliphatic rings. The average molecular weight is 116 g/mol. The lowest BCUT2D eigenvalue weighted by molar-refractivity contribution is -0.107. The zero-order valence-electron chi connectivity index (χ0n) is 4.37. The molecule has 2 N–H and O–H groups in total. The monoisotopic (exact) mass is 116 g/mol. The molecule has 0 aliphatic heterocycles. The molecule has 0 aromatic heterocycles. The number of hydrogen-bond donors (Lipinski definition) is 2. The third-order valence-corrected chi connectivity index (χ3v) is 0.545. The Morgan fingerprint density at radius 3 is 2.88 bits per heavy atom. The van der Waals surface area contributed by atoms with Crippen LogP contribution in [0, 0.1) is 0 Å². The lowest BCUT2D eigenvalue weighted by Gasteiger charge is -1.87. The van der Waals surface area contributed by atoms with E-state index in [1.165, 1.54) is 6.21 Å². The Hall–Kier alpha value is -0.900. The van der Waals surface area contributed by atoms with E-state index < -0.39 is 0 Å². The Bertz CT molecular complexity index is 82.1. The second-order valence-corrected chi connectivity index (χ2v) is 1.12. The van der Waals surface area contributed by atoms with E-state index in [4.69, 9.17) is 5.21 Å². The quantitative estimate of drug-likeness (QED) is 0.167. The molecule has 0 aromatic rings. The molecule has 0 saturated heterocycles. The van der Waals surface area contributed by atoms with Gasteiger partial charge in [0.2, 0.25) is 0 Å². The average Bonchev–Trinajstić information content (AvgIpc) is 1.81. The van der Waals surface area contributed by atoms with E-state index in [2.05, 4.69) is 10.5 Å². The van der Waals surface area contributed by atoms with Crippen molar-refractivity contribution in [2.75, 3.05) is 13.1 Å². The van der Waals surface area contributed by atoms with Gasteiger partial charge in [-0.2, -0.15) is 0 Å². The van der Waals surface area contributed by atoms with Crippen molar-refractivity contribution in [3.8, 4) is 0 Å². The van der Waals surface area contributed by atoms with Gasteiger partial charge in [0.15, 0.2) is 0 Å². The van der Waals surface area contributed by atoms with Crippen molar-refractivity contribution in [2.24, 2.45) is 5.16 Å². The van der Waals surface area contributed by atoms with Gasteiger partial charge in [0.25, 0.3) is 0 Å². The number of carbonyl (C=O) groups is 1. The SMILES string of the molecule is O=CCNCC=NO. The summed E-state index contributed by atoms with van der Waals surface area (Å²) in [7, 11) is 0. The Morgan fingerprint density at radius 1 is 1.62 bits per heavy atom. The number of oxime groups is 1. The van der Waals surface area contributed by atoms with E-state index in [1.807, 2.05) is 0 Å². The first-order valence-corrected chi connectivity index (χ1v) is 2.22. The summed E-state index contributed by atoms with van der Waals surface area (Å²) in [6.07, 6.45) is 2.01. The first-order valence-electron chi connectivity index (χ1n) is 2.22. The van der Waals surface area contributed by atoms with Gasteiger partial charge in [0.1, 0.15) is 6.29 Å². The van der Waals surface area contributed by atoms with Crippen molar-refractivity contribution in [2.45, 2.75) is 0 Å². The van der Waals surface area contributed by atoms with Gasteiger partial charge >= 0.3 is 0 Å². The van der Waals surface area contributed by atoms with E-state index in [0.717, 1.165) is 6.29 Å². The van der Waals surface area contributed by atoms with Crippen LogP contribution in [0.25, 0.3) is 0 Å². The number of nitrogens with one attached hydrogen (secondary N) is 1. The lowest BCUT2D eigenvalue weighted by Crippen LogP contribution is -2.18. The molecule has 0 spiro atoms. The largest absolute Gasteiger partial charge is 0.411 e. The molecular formula is C4H8N2O2. The summed E-state index contributed by atoms with van der Waals surface area (Å²) >= 11 is 0. The maximum absolute atomic E-state index is 9.60. The highest BCUT2D eigenvalue weighted by Gasteiger charge is 1.76. The zero-order valence-corrected chi connectivity index (χ0v) is 4.37. The summed E-state index contributed by atoms with van der Waals surface area (Å²) in [5.41, 5.74) is 0. The third-order valence-electron chi connectivity index (χ3n) is 0.545. The van der Waals surface area contributed by atoms with Gasteiger partial charge < -0.3 is 15.3 Å². The third kappa shape index (κ3) is 5.10. The summed E-state index contributed by atoms with van der Waals surface area (Å²) < 4.78 is 0. The molecule has 0 saturated carbocycles. The minimum atomic E-state index is 0.298. The maximum Gasteiger partial charge on any atom is 0.133 e. The van der Waals surface area contributed by atoms with Gasteiger partial charge in [-0.25, -0.2) is 0 Å². The van der Waals surface area contributed by atoms with Gasteiger partial charge in [0, 0.05) is 6.54 Å². The number of carbonyl (C=O) groups excluding carboxylic acids is 1. The predicted molar refractivity (Wildman–Crippen MR) is 29.2 cm³/mol. The Labute approximate surface area is 47.2 Å². The molecule has 0 bridgehead atoms. The molecule has 4 heteroatoms. The van der Waals surface area contributed by atoms with E-state index in [0.29, 0.717) is 13.1 Å². The van der Waals surface area contributed by atoms with E-state index in [1.54, 1.807) is 0 Å². The van der Waals surface area contributed by atoms with E-state index >= 15 is 0 Å². The van der Waals surface area contributed by atoms with Crippen LogP contribution >= 0.6 is 0 Å². The summed E-state index contributed by atoms with van der Waals surface area (Å²) in [4.78, 5) is 9.60. The van der Waals surface area contributed by atoms with Crippen LogP contribution in [-0.2, 0) is 4.79 Å². The van der Waals surface area contributed by atoms with Crippen LogP contribution in [-0.4, -0.2) is 30.8 Å². The predicted octanol–water partition coefficient (Wildman–Crippen LogP) is -0.765. The van der Waals surface area contributed by atoms with Crippen LogP contribution in [0.2, 0.25) is 0 Å². The molecule has 8 heavy (non-hydrogen) atoms. The smallest absolute Gasteiger partial charge is 0.133 e. The molecule has 0 atom stereocenters. The van der Waals surface area contributed by atoms with Crippen molar-refractivity contribution in [3.05, 3.63) is 0 Å². The summed E-state index contributed by atoms with van der Waals surface area (Å²) in [5, 5.41) is 13.2. The minimum Gasteiger partial charge on any atom is -0.411 e. The van der Waals surface area contributed by atoms with E-state index in [9.17, 15) is 4.79 Å². The summed E-state index contributed by atoms with van der Waals surface area (Å²) in [5.74, 6) is 0. The molecule has 0 heterocycles. The van der Waals surface area contributed by atoms with Gasteiger partial charge in [-0.3, -0.25) is 0 Å². The van der Waals surface area contributed by atoms with Crippen LogP contribution in [0.4, 0.5) is 0 Å². The van der Waals surface area contributed by atoms with Crippen molar-refractivity contribution >= 4 is 12.5 Å². The molecule has 0 aromatic carbocycles. The highest BCUT2D eigenvalue weighted by molar-refractivity contribution is 5.60. The minimum absolute atomic E-state index is 0.298. The van der Waals surface area contributed by atoms with E-state index in [-0.39, 0.29) is 0 Å². The fourth-order valence-corrected chi connectivity index (χ4v) is 0.248.